The predicted molar refractivity (Wildman–Crippen MR) is 150 cm³/mol. The molecule has 2 heterocycles. The number of nitrogens with zero attached hydrogens (tertiary/aromatic N) is 3. The van der Waals surface area contributed by atoms with Crippen molar-refractivity contribution in [3.05, 3.63) is 76.9 Å². The minimum Gasteiger partial charge on any atom is -0.325 e. The van der Waals surface area contributed by atoms with Gasteiger partial charge in [-0.15, -0.1) is 0 Å². The molecule has 3 radical (unpaired) electrons. The van der Waals surface area contributed by atoms with Gasteiger partial charge in [-0.25, -0.2) is 4.98 Å². The second-order valence-corrected chi connectivity index (χ2v) is 11.8. The van der Waals surface area contributed by atoms with Gasteiger partial charge >= 0.3 is 0 Å². The van der Waals surface area contributed by atoms with E-state index in [1.165, 1.54) is 18.4 Å². The number of carbonyl (C=O) groups excluding carboxylic acids is 1. The Morgan fingerprint density at radius 1 is 1.33 bits per heavy atom. The number of benzene rings is 1. The number of rotatable bonds is 12. The van der Waals surface area contributed by atoms with Gasteiger partial charge in [-0.2, -0.15) is 0 Å². The first kappa shape index (κ1) is 27.1. The Bertz CT molecular complexity index is 1090. The Morgan fingerprint density at radius 3 is 2.83 bits per heavy atom. The van der Waals surface area contributed by atoms with Crippen molar-refractivity contribution in [1.82, 2.24) is 14.5 Å². The van der Waals surface area contributed by atoms with E-state index in [0.717, 1.165) is 73.3 Å². The Kier molecular flexibility index (Phi) is 9.43. The molecule has 1 aliphatic carbocycles. The van der Waals surface area contributed by atoms with E-state index >= 15 is 0 Å². The third-order valence-corrected chi connectivity index (χ3v) is 8.93. The third-order valence-electron chi connectivity index (χ3n) is 7.93. The number of carbonyl (C=O) groups is 1. The summed E-state index contributed by atoms with van der Waals surface area (Å²) in [4.78, 5) is 20.3. The molecule has 4 rings (SSSR count). The van der Waals surface area contributed by atoms with Crippen LogP contribution in [0.3, 0.4) is 0 Å². The lowest BCUT2D eigenvalue weighted by Gasteiger charge is -2.30. The predicted octanol–water partition coefficient (Wildman–Crippen LogP) is 6.35. The van der Waals surface area contributed by atoms with Crippen LogP contribution in [0.25, 0.3) is 0 Å². The van der Waals surface area contributed by atoms with E-state index in [-0.39, 0.29) is 5.78 Å². The molecule has 4 nitrogen and oxygen atoms in total. The molecule has 6 heteroatoms. The molecule has 1 aromatic carbocycles. The summed E-state index contributed by atoms with van der Waals surface area (Å²) >= 11 is 6.30. The van der Waals surface area contributed by atoms with Crippen LogP contribution in [0.2, 0.25) is 10.6 Å². The highest BCUT2D eigenvalue weighted by Gasteiger charge is 2.41. The van der Waals surface area contributed by atoms with Crippen molar-refractivity contribution in [2.24, 2.45) is 17.8 Å². The summed E-state index contributed by atoms with van der Waals surface area (Å²) in [5.74, 6) is 2.96. The number of hydrogen-bond donors (Lipinski definition) is 0. The summed E-state index contributed by atoms with van der Waals surface area (Å²) in [6.07, 6.45) is 12.7. The Hall–Kier alpha value is -1.95. The summed E-state index contributed by atoms with van der Waals surface area (Å²) in [5, 5.41) is 0.776. The summed E-state index contributed by atoms with van der Waals surface area (Å²) in [6, 6.07) is 7.89. The molecule has 0 N–H and O–H groups in total. The first-order valence-corrected chi connectivity index (χ1v) is 14.4. The largest absolute Gasteiger partial charge is 0.325 e. The highest BCUT2D eigenvalue weighted by molar-refractivity contribution is 6.31. The maximum Gasteiger partial charge on any atom is 0.180 e. The molecule has 2 aliphatic rings. The van der Waals surface area contributed by atoms with Crippen LogP contribution in [0, 0.1) is 17.8 Å². The van der Waals surface area contributed by atoms with Crippen molar-refractivity contribution >= 4 is 27.6 Å². The molecule has 0 spiro atoms. The van der Waals surface area contributed by atoms with Gasteiger partial charge < -0.3 is 9.47 Å². The Morgan fingerprint density at radius 2 is 2.11 bits per heavy atom. The van der Waals surface area contributed by atoms with Crippen molar-refractivity contribution in [3.63, 3.8) is 0 Å². The number of likely N-dealkylation sites (N-methyl/N-ethyl adjacent to an activating group) is 1. The van der Waals surface area contributed by atoms with Crippen LogP contribution in [-0.2, 0) is 19.4 Å². The van der Waals surface area contributed by atoms with Crippen molar-refractivity contribution < 1.29 is 4.79 Å². The molecule has 2 unspecified atom stereocenters. The Labute approximate surface area is 225 Å². The van der Waals surface area contributed by atoms with Gasteiger partial charge in [0.1, 0.15) is 11.5 Å². The molecular formula is C30H39ClN3OSi. The molecule has 191 valence electrons. The summed E-state index contributed by atoms with van der Waals surface area (Å²) in [7, 11) is 6.23. The topological polar surface area (TPSA) is 38.1 Å². The fourth-order valence-electron chi connectivity index (χ4n) is 5.48. The van der Waals surface area contributed by atoms with Gasteiger partial charge in [-0.1, -0.05) is 61.0 Å². The van der Waals surface area contributed by atoms with E-state index < -0.39 is 0 Å². The van der Waals surface area contributed by atoms with Gasteiger partial charge in [0.25, 0.3) is 0 Å². The number of Topliss-reactive ketones (excluding diaryl/α,β-unsaturated/α-hetero) is 1. The first-order chi connectivity index (χ1) is 17.4. The maximum absolute atomic E-state index is 13.3. The van der Waals surface area contributed by atoms with Crippen LogP contribution in [0.5, 0.6) is 0 Å². The minimum absolute atomic E-state index is 0.187. The van der Waals surface area contributed by atoms with E-state index in [9.17, 15) is 4.79 Å². The molecule has 3 atom stereocenters. The summed E-state index contributed by atoms with van der Waals surface area (Å²) in [5.41, 5.74) is 3.39. The SMILES string of the molecule is C=C(/C=C/CN(C)CC)CC1C([Si])Cc2ncc(C(=O)CCCc3ccccc3Cl)n2C[C@@H]1C1CC1. The first-order valence-electron chi connectivity index (χ1n) is 13.4. The van der Waals surface area contributed by atoms with Crippen LogP contribution >= 0.6 is 11.6 Å². The molecule has 1 fully saturated rings. The minimum atomic E-state index is 0.187. The van der Waals surface area contributed by atoms with E-state index in [2.05, 4.69) is 52.4 Å². The number of aryl methyl sites for hydroxylation is 1. The lowest BCUT2D eigenvalue weighted by atomic mass is 9.80. The van der Waals surface area contributed by atoms with Gasteiger partial charge in [-0.3, -0.25) is 4.79 Å². The van der Waals surface area contributed by atoms with Gasteiger partial charge in [0.15, 0.2) is 5.78 Å². The number of halogens is 1. The second kappa shape index (κ2) is 12.5. The third kappa shape index (κ3) is 6.87. The zero-order valence-corrected chi connectivity index (χ0v) is 23.5. The fourth-order valence-corrected chi connectivity index (χ4v) is 6.26. The van der Waals surface area contributed by atoms with E-state index in [4.69, 9.17) is 16.6 Å². The molecule has 1 aromatic heterocycles. The zero-order chi connectivity index (χ0) is 25.7. The van der Waals surface area contributed by atoms with E-state index in [1.54, 1.807) is 0 Å². The molecular weight excluding hydrogens is 482 g/mol. The number of allylic oxidation sites excluding steroid dienone is 2. The number of aromatic nitrogens is 2. The molecule has 1 saturated carbocycles. The van der Waals surface area contributed by atoms with Crippen molar-refractivity contribution in [2.45, 2.75) is 64.0 Å². The smallest absolute Gasteiger partial charge is 0.180 e. The number of ketones is 1. The van der Waals surface area contributed by atoms with Crippen LogP contribution in [0.1, 0.15) is 60.9 Å². The van der Waals surface area contributed by atoms with Crippen LogP contribution in [0.15, 0.2) is 54.8 Å². The summed E-state index contributed by atoms with van der Waals surface area (Å²) in [6.45, 7) is 9.42. The van der Waals surface area contributed by atoms with Crippen molar-refractivity contribution in [1.29, 1.82) is 0 Å². The maximum atomic E-state index is 13.3. The standard InChI is InChI=1S/C30H39ClN3OSi/c1-4-33(3)16-8-9-21(2)17-24-25(22-14-15-22)20-34-27(19-32-30(34)18-29(24)36)28(35)13-7-11-23-10-5-6-12-26(23)31/h5-6,8-10,12,19,22,24-25,29H,2,4,7,11,13-18,20H2,1,3H3/b9-8+/t24?,25-,29?/m1/s1. The molecule has 0 saturated heterocycles. The van der Waals surface area contributed by atoms with Crippen LogP contribution in [0.4, 0.5) is 0 Å². The quantitative estimate of drug-likeness (QED) is 0.186. The second-order valence-electron chi connectivity index (χ2n) is 10.6. The number of imidazole rings is 1. The molecule has 0 bridgehead atoms. The van der Waals surface area contributed by atoms with Gasteiger partial charge in [0.05, 0.1) is 6.20 Å². The lowest BCUT2D eigenvalue weighted by molar-refractivity contribution is 0.0968. The number of hydrogen-bond acceptors (Lipinski definition) is 3. The van der Waals surface area contributed by atoms with Gasteiger partial charge in [0.2, 0.25) is 0 Å². The van der Waals surface area contributed by atoms with E-state index in [1.807, 2.05) is 30.5 Å². The average molecular weight is 521 g/mol. The zero-order valence-electron chi connectivity index (χ0n) is 21.8. The summed E-state index contributed by atoms with van der Waals surface area (Å²) < 4.78 is 2.24. The van der Waals surface area contributed by atoms with Crippen molar-refractivity contribution in [2.75, 3.05) is 20.1 Å². The monoisotopic (exact) mass is 520 g/mol. The highest BCUT2D eigenvalue weighted by Crippen LogP contribution is 2.48. The van der Waals surface area contributed by atoms with Gasteiger partial charge in [0, 0.05) is 41.2 Å². The van der Waals surface area contributed by atoms with Crippen molar-refractivity contribution in [3.8, 4) is 0 Å². The van der Waals surface area contributed by atoms with Crippen LogP contribution < -0.4 is 0 Å². The van der Waals surface area contributed by atoms with Crippen LogP contribution in [-0.4, -0.2) is 50.6 Å². The Balaban J connectivity index is 1.42. The molecule has 1 aliphatic heterocycles. The lowest BCUT2D eigenvalue weighted by Crippen LogP contribution is -2.25. The number of fused-ring (bicyclic) bond motifs is 1. The van der Waals surface area contributed by atoms with E-state index in [0.29, 0.717) is 23.8 Å². The molecule has 0 amide bonds. The normalized spacial score (nSPS) is 22.1. The molecule has 36 heavy (non-hydrogen) atoms. The molecule has 2 aromatic rings. The van der Waals surface area contributed by atoms with Gasteiger partial charge in [-0.05, 0) is 80.6 Å². The average Bonchev–Trinajstić information content (AvgIpc) is 3.64. The fraction of sp³-hybridized carbons (Fsp3) is 0.533. The highest BCUT2D eigenvalue weighted by atomic mass is 35.5.